The second-order valence-corrected chi connectivity index (χ2v) is 8.31. The van der Waals surface area contributed by atoms with Gasteiger partial charge in [-0.05, 0) is 62.7 Å². The first-order valence-electron chi connectivity index (χ1n) is 11.0. The summed E-state index contributed by atoms with van der Waals surface area (Å²) in [6.45, 7) is 3.94. The smallest absolute Gasteiger partial charge is 0.186 e. The maximum Gasteiger partial charge on any atom is 0.186 e. The molecule has 0 amide bonds. The molecule has 0 aliphatic heterocycles. The molecule has 0 spiro atoms. The third kappa shape index (κ3) is 11.5. The molecule has 3 nitrogen and oxygen atoms in total. The fourth-order valence-corrected chi connectivity index (χ4v) is 3.78. The van der Waals surface area contributed by atoms with Crippen LogP contribution in [0.1, 0.15) is 84.5 Å². The molecular weight excluding hydrogens is 336 g/mol. The van der Waals surface area contributed by atoms with Gasteiger partial charge in [-0.1, -0.05) is 69.6 Å². The topological polar surface area (TPSA) is 60.7 Å². The van der Waals surface area contributed by atoms with Gasteiger partial charge in [0, 0.05) is 6.42 Å². The lowest BCUT2D eigenvalue weighted by Gasteiger charge is -2.17. The predicted octanol–water partition coefficient (Wildman–Crippen LogP) is 5.52. The van der Waals surface area contributed by atoms with Gasteiger partial charge >= 0.3 is 0 Å². The molecule has 0 aromatic rings. The number of allylic oxidation sites excluding steroid dienone is 6. The average molecular weight is 379 g/mol. The van der Waals surface area contributed by atoms with Crippen LogP contribution in [0.2, 0.25) is 0 Å². The Morgan fingerprint density at radius 3 is 2.56 bits per heavy atom. The second-order valence-electron chi connectivity index (χ2n) is 8.31. The number of rotatable bonds is 14. The van der Waals surface area contributed by atoms with Crippen LogP contribution in [-0.4, -0.2) is 27.7 Å². The van der Waals surface area contributed by atoms with E-state index in [1.807, 2.05) is 0 Å². The van der Waals surface area contributed by atoms with Crippen LogP contribution in [0.15, 0.2) is 36.5 Å². The third-order valence-electron chi connectivity index (χ3n) is 5.60. The molecule has 0 aromatic carbocycles. The van der Waals surface area contributed by atoms with E-state index in [0.717, 1.165) is 25.2 Å². The van der Waals surface area contributed by atoms with E-state index in [-0.39, 0.29) is 6.42 Å². The maximum atomic E-state index is 9.35. The minimum absolute atomic E-state index is 0.216. The summed E-state index contributed by atoms with van der Waals surface area (Å²) in [6.07, 6.45) is 25.6. The lowest BCUT2D eigenvalue weighted by Crippen LogP contribution is -2.32. The van der Waals surface area contributed by atoms with Gasteiger partial charge in [0.25, 0.3) is 0 Å². The van der Waals surface area contributed by atoms with E-state index < -0.39 is 12.4 Å². The predicted molar refractivity (Wildman–Crippen MR) is 114 cm³/mol. The Morgan fingerprint density at radius 1 is 1.04 bits per heavy atom. The Balaban J connectivity index is 2.24. The summed E-state index contributed by atoms with van der Waals surface area (Å²) in [7, 11) is 0. The Kier molecular flexibility index (Phi) is 12.6. The van der Waals surface area contributed by atoms with Gasteiger partial charge in [-0.2, -0.15) is 0 Å². The van der Waals surface area contributed by atoms with Crippen LogP contribution in [0.4, 0.5) is 0 Å². The van der Waals surface area contributed by atoms with Gasteiger partial charge in [0.15, 0.2) is 5.79 Å². The first-order valence-corrected chi connectivity index (χ1v) is 11.0. The van der Waals surface area contributed by atoms with E-state index in [9.17, 15) is 10.2 Å². The quantitative estimate of drug-likeness (QED) is 0.212. The van der Waals surface area contributed by atoms with E-state index in [1.54, 1.807) is 0 Å². The minimum Gasteiger partial charge on any atom is -0.391 e. The average Bonchev–Trinajstić information content (AvgIpc) is 3.09. The lowest BCUT2D eigenvalue weighted by atomic mass is 9.91. The summed E-state index contributed by atoms with van der Waals surface area (Å²) in [5.74, 6) is 0.169. The highest BCUT2D eigenvalue weighted by Gasteiger charge is 2.24. The molecule has 1 aliphatic carbocycles. The first-order chi connectivity index (χ1) is 13.0. The molecule has 0 unspecified atom stereocenters. The zero-order valence-corrected chi connectivity index (χ0v) is 17.5. The van der Waals surface area contributed by atoms with Gasteiger partial charge in [-0.15, -0.1) is 0 Å². The van der Waals surface area contributed by atoms with Crippen LogP contribution in [0.3, 0.4) is 0 Å². The largest absolute Gasteiger partial charge is 0.391 e. The molecule has 1 rings (SSSR count). The summed E-state index contributed by atoms with van der Waals surface area (Å²) in [4.78, 5) is 0. The number of hydrogen-bond acceptors (Lipinski definition) is 3. The number of hydrogen-bond donors (Lipinski definition) is 3. The molecule has 1 saturated carbocycles. The van der Waals surface area contributed by atoms with Crippen LogP contribution in [0.5, 0.6) is 0 Å². The SMILES string of the molecule is CCCCC=C[C@@H](C)CC=C[C@H]1CCC[C@@H]1CC=CCCCC(O)(O)CO. The van der Waals surface area contributed by atoms with Crippen molar-refractivity contribution in [1.82, 2.24) is 0 Å². The Labute approximate surface area is 166 Å². The summed E-state index contributed by atoms with van der Waals surface area (Å²) >= 11 is 0. The van der Waals surface area contributed by atoms with Crippen molar-refractivity contribution in [2.75, 3.05) is 6.61 Å². The van der Waals surface area contributed by atoms with Crippen LogP contribution in [-0.2, 0) is 0 Å². The van der Waals surface area contributed by atoms with E-state index >= 15 is 0 Å². The molecule has 1 aliphatic rings. The zero-order valence-electron chi connectivity index (χ0n) is 17.5. The molecule has 156 valence electrons. The molecule has 3 N–H and O–H groups in total. The molecule has 0 aromatic heterocycles. The number of aliphatic hydroxyl groups excluding tert-OH is 1. The summed E-state index contributed by atoms with van der Waals surface area (Å²) in [5, 5.41) is 27.5. The number of unbranched alkanes of at least 4 members (excludes halogenated alkanes) is 3. The van der Waals surface area contributed by atoms with Crippen molar-refractivity contribution in [1.29, 1.82) is 0 Å². The van der Waals surface area contributed by atoms with Gasteiger partial charge < -0.3 is 15.3 Å². The van der Waals surface area contributed by atoms with Crippen LogP contribution in [0, 0.1) is 17.8 Å². The molecule has 0 saturated heterocycles. The van der Waals surface area contributed by atoms with E-state index in [1.165, 1.54) is 38.5 Å². The fraction of sp³-hybridized carbons (Fsp3) is 0.750. The van der Waals surface area contributed by atoms with Crippen molar-refractivity contribution in [3.8, 4) is 0 Å². The second kappa shape index (κ2) is 14.1. The molecule has 1 fully saturated rings. The maximum absolute atomic E-state index is 9.35. The molecular formula is C24H42O3. The van der Waals surface area contributed by atoms with Gasteiger partial charge in [-0.25, -0.2) is 0 Å². The summed E-state index contributed by atoms with van der Waals surface area (Å²) in [6, 6.07) is 0. The van der Waals surface area contributed by atoms with E-state index in [4.69, 9.17) is 5.11 Å². The van der Waals surface area contributed by atoms with E-state index in [0.29, 0.717) is 18.3 Å². The highest BCUT2D eigenvalue weighted by molar-refractivity contribution is 5.00. The molecule has 3 atom stereocenters. The van der Waals surface area contributed by atoms with Gasteiger partial charge in [0.2, 0.25) is 0 Å². The Hall–Kier alpha value is -0.900. The van der Waals surface area contributed by atoms with E-state index in [2.05, 4.69) is 50.3 Å². The summed E-state index contributed by atoms with van der Waals surface area (Å²) in [5.41, 5.74) is 0. The zero-order chi connectivity index (χ0) is 20.0. The normalized spacial score (nSPS) is 22.6. The Morgan fingerprint density at radius 2 is 1.81 bits per heavy atom. The van der Waals surface area contributed by atoms with Gasteiger partial charge in [0.05, 0.1) is 6.61 Å². The molecule has 3 heteroatoms. The first kappa shape index (κ1) is 24.1. The van der Waals surface area contributed by atoms with Crippen molar-refractivity contribution in [2.45, 2.75) is 90.3 Å². The summed E-state index contributed by atoms with van der Waals surface area (Å²) < 4.78 is 0. The standard InChI is InChI=1S/C24H42O3/c1-3-4-5-8-13-21(2)14-11-16-23-18-12-17-22(23)15-9-6-7-10-19-24(26,27)20-25/h6,8-9,11,13,16,21-23,25-27H,3-5,7,10,12,14-15,17-20H2,1-2H3/t21-,22+,23+/m1/s1. The van der Waals surface area contributed by atoms with Gasteiger partial charge in [0.1, 0.15) is 0 Å². The van der Waals surface area contributed by atoms with Crippen molar-refractivity contribution in [3.05, 3.63) is 36.5 Å². The molecule has 27 heavy (non-hydrogen) atoms. The van der Waals surface area contributed by atoms with Crippen molar-refractivity contribution < 1.29 is 15.3 Å². The van der Waals surface area contributed by atoms with Crippen LogP contribution < -0.4 is 0 Å². The third-order valence-corrected chi connectivity index (χ3v) is 5.60. The number of aliphatic hydroxyl groups is 3. The highest BCUT2D eigenvalue weighted by Crippen LogP contribution is 2.35. The molecule has 0 bridgehead atoms. The van der Waals surface area contributed by atoms with Crippen LogP contribution >= 0.6 is 0 Å². The molecule has 0 radical (unpaired) electrons. The van der Waals surface area contributed by atoms with Crippen molar-refractivity contribution in [2.24, 2.45) is 17.8 Å². The Bertz CT molecular complexity index is 451. The van der Waals surface area contributed by atoms with Gasteiger partial charge in [-0.3, -0.25) is 0 Å². The van der Waals surface area contributed by atoms with Crippen molar-refractivity contribution in [3.63, 3.8) is 0 Å². The lowest BCUT2D eigenvalue weighted by molar-refractivity contribution is -0.191. The monoisotopic (exact) mass is 378 g/mol. The minimum atomic E-state index is -1.92. The van der Waals surface area contributed by atoms with Crippen molar-refractivity contribution >= 4 is 0 Å². The molecule has 0 heterocycles. The fourth-order valence-electron chi connectivity index (χ4n) is 3.78. The highest BCUT2D eigenvalue weighted by atomic mass is 16.5. The van der Waals surface area contributed by atoms with Crippen LogP contribution in [0.25, 0.3) is 0 Å².